The van der Waals surface area contributed by atoms with Gasteiger partial charge in [-0.25, -0.2) is 0 Å². The third-order valence-electron chi connectivity index (χ3n) is 1.69. The first-order valence-corrected chi connectivity index (χ1v) is 3.61. The monoisotopic (exact) mass is 139 g/mol. The lowest BCUT2D eigenvalue weighted by Crippen LogP contribution is -1.91. The molecule has 3 nitrogen and oxygen atoms in total. The maximum Gasteiger partial charge on any atom is 0.148 e. The molecule has 1 aromatic rings. The van der Waals surface area contributed by atoms with Crippen molar-refractivity contribution in [2.24, 2.45) is 0 Å². The van der Waals surface area contributed by atoms with E-state index >= 15 is 0 Å². The van der Waals surface area contributed by atoms with Crippen LogP contribution in [0.15, 0.2) is 0 Å². The Balaban J connectivity index is 3.01. The summed E-state index contributed by atoms with van der Waals surface area (Å²) in [4.78, 5) is 0. The Morgan fingerprint density at radius 2 is 2.10 bits per heavy atom. The standard InChI is InChI=1S/C7H13N3/c1-3-5-6(4-2)9-10-7(5)8/h3-4H2,1-2H3,(H3,8,9,10). The smallest absolute Gasteiger partial charge is 0.148 e. The number of hydrogen-bond donors (Lipinski definition) is 2. The zero-order valence-corrected chi connectivity index (χ0v) is 6.44. The van der Waals surface area contributed by atoms with Gasteiger partial charge in [-0.2, -0.15) is 5.10 Å². The second-order valence-electron chi connectivity index (χ2n) is 2.27. The Hall–Kier alpha value is -0.990. The Morgan fingerprint density at radius 1 is 1.40 bits per heavy atom. The second kappa shape index (κ2) is 2.73. The minimum absolute atomic E-state index is 0.652. The van der Waals surface area contributed by atoms with Crippen molar-refractivity contribution in [1.82, 2.24) is 10.2 Å². The van der Waals surface area contributed by atoms with Crippen LogP contribution in [0.25, 0.3) is 0 Å². The molecule has 0 radical (unpaired) electrons. The molecule has 0 aliphatic heterocycles. The summed E-state index contributed by atoms with van der Waals surface area (Å²) in [6.45, 7) is 4.17. The maximum atomic E-state index is 5.59. The molecule has 0 aromatic carbocycles. The molecule has 0 bridgehead atoms. The van der Waals surface area contributed by atoms with Gasteiger partial charge in [0.25, 0.3) is 0 Å². The van der Waals surface area contributed by atoms with Gasteiger partial charge in [0, 0.05) is 11.3 Å². The number of aromatic nitrogens is 2. The number of H-pyrrole nitrogens is 1. The molecule has 3 N–H and O–H groups in total. The summed E-state index contributed by atoms with van der Waals surface area (Å²) in [5, 5.41) is 6.81. The molecule has 0 saturated heterocycles. The topological polar surface area (TPSA) is 54.7 Å². The number of aryl methyl sites for hydroxylation is 1. The van der Waals surface area contributed by atoms with Crippen LogP contribution in [0.4, 0.5) is 5.82 Å². The fraction of sp³-hybridized carbons (Fsp3) is 0.571. The molecule has 3 heteroatoms. The highest BCUT2D eigenvalue weighted by Gasteiger charge is 2.04. The van der Waals surface area contributed by atoms with Gasteiger partial charge in [-0.3, -0.25) is 5.10 Å². The molecule has 0 atom stereocenters. The summed E-state index contributed by atoms with van der Waals surface area (Å²) < 4.78 is 0. The minimum atomic E-state index is 0.652. The molecule has 1 heterocycles. The van der Waals surface area contributed by atoms with Crippen LogP contribution in [0.2, 0.25) is 0 Å². The van der Waals surface area contributed by atoms with Crippen LogP contribution in [-0.4, -0.2) is 10.2 Å². The molecular formula is C7H13N3. The second-order valence-corrected chi connectivity index (χ2v) is 2.27. The van der Waals surface area contributed by atoms with Crippen molar-refractivity contribution in [2.75, 3.05) is 5.73 Å². The zero-order chi connectivity index (χ0) is 7.56. The van der Waals surface area contributed by atoms with Crippen molar-refractivity contribution < 1.29 is 0 Å². The lowest BCUT2D eigenvalue weighted by Gasteiger charge is -1.94. The van der Waals surface area contributed by atoms with Gasteiger partial charge in [0.05, 0.1) is 0 Å². The van der Waals surface area contributed by atoms with E-state index in [0.717, 1.165) is 12.8 Å². The van der Waals surface area contributed by atoms with Gasteiger partial charge < -0.3 is 5.73 Å². The summed E-state index contributed by atoms with van der Waals surface area (Å²) in [6.07, 6.45) is 1.94. The van der Waals surface area contributed by atoms with Crippen molar-refractivity contribution in [3.63, 3.8) is 0 Å². The Kier molecular flexibility index (Phi) is 1.94. The van der Waals surface area contributed by atoms with Crippen molar-refractivity contribution in [3.05, 3.63) is 11.3 Å². The number of nitrogens with one attached hydrogen (secondary N) is 1. The predicted molar refractivity (Wildman–Crippen MR) is 41.8 cm³/mol. The van der Waals surface area contributed by atoms with Crippen molar-refractivity contribution in [3.8, 4) is 0 Å². The first-order valence-electron chi connectivity index (χ1n) is 3.61. The molecule has 0 saturated carbocycles. The number of hydrogen-bond acceptors (Lipinski definition) is 2. The summed E-state index contributed by atoms with van der Waals surface area (Å²) in [7, 11) is 0. The highest BCUT2D eigenvalue weighted by Crippen LogP contribution is 2.13. The summed E-state index contributed by atoms with van der Waals surface area (Å²) in [5.74, 6) is 0.652. The maximum absolute atomic E-state index is 5.59. The van der Waals surface area contributed by atoms with Crippen LogP contribution in [0, 0.1) is 0 Å². The molecule has 0 spiro atoms. The molecule has 0 unspecified atom stereocenters. The molecule has 0 amide bonds. The van der Waals surface area contributed by atoms with Gasteiger partial charge in [-0.1, -0.05) is 13.8 Å². The number of anilines is 1. The van der Waals surface area contributed by atoms with Gasteiger partial charge in [0.15, 0.2) is 0 Å². The van der Waals surface area contributed by atoms with E-state index in [-0.39, 0.29) is 0 Å². The number of nitrogens with zero attached hydrogens (tertiary/aromatic N) is 1. The van der Waals surface area contributed by atoms with Crippen LogP contribution >= 0.6 is 0 Å². The van der Waals surface area contributed by atoms with Crippen LogP contribution in [-0.2, 0) is 12.8 Å². The third kappa shape index (κ3) is 0.988. The number of aromatic amines is 1. The third-order valence-corrected chi connectivity index (χ3v) is 1.69. The van der Waals surface area contributed by atoms with E-state index in [9.17, 15) is 0 Å². The Morgan fingerprint density at radius 3 is 2.50 bits per heavy atom. The van der Waals surface area contributed by atoms with Crippen LogP contribution < -0.4 is 5.73 Å². The van der Waals surface area contributed by atoms with E-state index in [1.54, 1.807) is 0 Å². The molecule has 56 valence electrons. The quantitative estimate of drug-likeness (QED) is 0.645. The summed E-state index contributed by atoms with van der Waals surface area (Å²) >= 11 is 0. The van der Waals surface area contributed by atoms with E-state index in [4.69, 9.17) is 5.73 Å². The lowest BCUT2D eigenvalue weighted by molar-refractivity contribution is 0.957. The fourth-order valence-electron chi connectivity index (χ4n) is 1.10. The SMILES string of the molecule is CCc1[nH]nc(N)c1CC. The molecule has 1 rings (SSSR count). The zero-order valence-electron chi connectivity index (χ0n) is 6.44. The fourth-order valence-corrected chi connectivity index (χ4v) is 1.10. The van der Waals surface area contributed by atoms with Crippen LogP contribution in [0.3, 0.4) is 0 Å². The molecule has 0 fully saturated rings. The largest absolute Gasteiger partial charge is 0.382 e. The van der Waals surface area contributed by atoms with Crippen LogP contribution in [0.5, 0.6) is 0 Å². The van der Waals surface area contributed by atoms with E-state index < -0.39 is 0 Å². The molecule has 10 heavy (non-hydrogen) atoms. The number of nitrogens with two attached hydrogens (primary N) is 1. The van der Waals surface area contributed by atoms with E-state index in [1.807, 2.05) is 0 Å². The van der Waals surface area contributed by atoms with E-state index in [0.29, 0.717) is 5.82 Å². The minimum Gasteiger partial charge on any atom is -0.382 e. The van der Waals surface area contributed by atoms with E-state index in [2.05, 4.69) is 24.0 Å². The highest BCUT2D eigenvalue weighted by molar-refractivity contribution is 5.41. The van der Waals surface area contributed by atoms with E-state index in [1.165, 1.54) is 11.3 Å². The van der Waals surface area contributed by atoms with Gasteiger partial charge in [0.1, 0.15) is 5.82 Å². The first kappa shape index (κ1) is 7.12. The highest BCUT2D eigenvalue weighted by atomic mass is 15.2. The molecule has 0 aliphatic carbocycles. The average molecular weight is 139 g/mol. The van der Waals surface area contributed by atoms with Crippen LogP contribution in [0.1, 0.15) is 25.1 Å². The Labute approximate surface area is 60.6 Å². The van der Waals surface area contributed by atoms with Gasteiger partial charge in [-0.05, 0) is 12.8 Å². The normalized spacial score (nSPS) is 10.2. The van der Waals surface area contributed by atoms with Gasteiger partial charge in [-0.15, -0.1) is 0 Å². The lowest BCUT2D eigenvalue weighted by atomic mass is 10.1. The van der Waals surface area contributed by atoms with Gasteiger partial charge >= 0.3 is 0 Å². The molecule has 1 aromatic heterocycles. The van der Waals surface area contributed by atoms with Crippen molar-refractivity contribution >= 4 is 5.82 Å². The van der Waals surface area contributed by atoms with Crippen molar-refractivity contribution in [1.29, 1.82) is 0 Å². The Bertz CT molecular complexity index is 215. The average Bonchev–Trinajstić information content (AvgIpc) is 2.30. The summed E-state index contributed by atoms with van der Waals surface area (Å²) in [6, 6.07) is 0. The van der Waals surface area contributed by atoms with Crippen molar-refractivity contribution in [2.45, 2.75) is 26.7 Å². The number of nitrogen functional groups attached to an aromatic ring is 1. The molecule has 0 aliphatic rings. The number of rotatable bonds is 2. The summed E-state index contributed by atoms with van der Waals surface area (Å²) in [5.41, 5.74) is 7.92. The predicted octanol–water partition coefficient (Wildman–Crippen LogP) is 1.12. The van der Waals surface area contributed by atoms with Gasteiger partial charge in [0.2, 0.25) is 0 Å². The molecular weight excluding hydrogens is 126 g/mol. The first-order chi connectivity index (χ1) is 4.79.